The second-order valence-corrected chi connectivity index (χ2v) is 10.7. The maximum atomic E-state index is 13.4. The lowest BCUT2D eigenvalue weighted by atomic mass is 9.90. The Labute approximate surface area is 204 Å². The Kier molecular flexibility index (Phi) is 9.59. The van der Waals surface area contributed by atoms with E-state index in [2.05, 4.69) is 15.1 Å². The third-order valence-electron chi connectivity index (χ3n) is 6.88. The molecule has 0 spiro atoms. The number of amides is 2. The molecule has 0 radical (unpaired) electrons. The molecule has 1 saturated carbocycles. The highest BCUT2D eigenvalue weighted by atomic mass is 35.5. The number of nitrogens with zero attached hydrogens (tertiary/aromatic N) is 3. The van der Waals surface area contributed by atoms with E-state index in [9.17, 15) is 9.59 Å². The molecule has 2 fully saturated rings. The van der Waals surface area contributed by atoms with E-state index in [0.717, 1.165) is 31.5 Å². The van der Waals surface area contributed by atoms with Crippen LogP contribution in [0.15, 0.2) is 24.3 Å². The fraction of sp³-hybridized carbons (Fsp3) is 0.692. The van der Waals surface area contributed by atoms with Crippen LogP contribution in [-0.2, 0) is 16.0 Å². The van der Waals surface area contributed by atoms with Gasteiger partial charge in [-0.05, 0) is 51.1 Å². The lowest BCUT2D eigenvalue weighted by molar-refractivity contribution is -0.153. The number of hydrogen-bond acceptors (Lipinski definition) is 4. The van der Waals surface area contributed by atoms with Gasteiger partial charge in [0.15, 0.2) is 0 Å². The lowest BCUT2D eigenvalue weighted by Gasteiger charge is -2.50. The van der Waals surface area contributed by atoms with E-state index in [1.165, 1.54) is 19.3 Å². The summed E-state index contributed by atoms with van der Waals surface area (Å²) in [6, 6.07) is 7.91. The van der Waals surface area contributed by atoms with Crippen LogP contribution in [0.1, 0.15) is 51.5 Å². The third-order valence-corrected chi connectivity index (χ3v) is 7.14. The van der Waals surface area contributed by atoms with Crippen molar-refractivity contribution in [3.8, 4) is 0 Å². The smallest absolute Gasteiger partial charge is 0.240 e. The monoisotopic (exact) mass is 476 g/mol. The van der Waals surface area contributed by atoms with E-state index < -0.39 is 0 Å². The summed E-state index contributed by atoms with van der Waals surface area (Å²) in [6.07, 6.45) is 6.46. The van der Waals surface area contributed by atoms with Crippen LogP contribution < -0.4 is 5.32 Å². The van der Waals surface area contributed by atoms with Gasteiger partial charge in [0.25, 0.3) is 0 Å². The highest BCUT2D eigenvalue weighted by Gasteiger charge is 2.42. The molecule has 33 heavy (non-hydrogen) atoms. The van der Waals surface area contributed by atoms with Gasteiger partial charge in [0.2, 0.25) is 11.8 Å². The molecule has 1 unspecified atom stereocenters. The quantitative estimate of drug-likeness (QED) is 0.562. The molecule has 2 aliphatic rings. The Morgan fingerprint density at radius 3 is 2.27 bits per heavy atom. The zero-order chi connectivity index (χ0) is 24.0. The third kappa shape index (κ3) is 7.17. The van der Waals surface area contributed by atoms with Gasteiger partial charge < -0.3 is 20.0 Å². The molecule has 1 saturated heterocycles. The Balaban J connectivity index is 1.64. The summed E-state index contributed by atoms with van der Waals surface area (Å²) in [5.41, 5.74) is 1.09. The molecule has 1 aliphatic heterocycles. The minimum atomic E-state index is -0.281. The van der Waals surface area contributed by atoms with Crippen LogP contribution in [0.25, 0.3) is 0 Å². The van der Waals surface area contributed by atoms with Crippen molar-refractivity contribution >= 4 is 23.4 Å². The summed E-state index contributed by atoms with van der Waals surface area (Å²) < 4.78 is 0. The molecule has 1 heterocycles. The first-order valence-corrected chi connectivity index (χ1v) is 12.9. The number of rotatable bonds is 10. The van der Waals surface area contributed by atoms with Crippen molar-refractivity contribution in [3.63, 3.8) is 0 Å². The summed E-state index contributed by atoms with van der Waals surface area (Å²) in [7, 11) is 4.06. The van der Waals surface area contributed by atoms with Gasteiger partial charge in [0.1, 0.15) is 0 Å². The van der Waals surface area contributed by atoms with Crippen LogP contribution in [0.3, 0.4) is 0 Å². The SMILES string of the molecule is CC(C)C(=O)N(C1CCCCC1)C1CN(C(=O)C(Cc2ccc(Cl)cc2)NCCN(C)C)C1. The Bertz CT molecular complexity index is 771. The largest absolute Gasteiger partial charge is 0.337 e. The average Bonchev–Trinajstić information content (AvgIpc) is 2.76. The van der Waals surface area contributed by atoms with Gasteiger partial charge in [-0.25, -0.2) is 0 Å². The van der Waals surface area contributed by atoms with E-state index in [1.807, 2.05) is 57.1 Å². The van der Waals surface area contributed by atoms with Crippen LogP contribution >= 0.6 is 11.6 Å². The minimum absolute atomic E-state index is 0.0120. The van der Waals surface area contributed by atoms with E-state index in [1.54, 1.807) is 0 Å². The van der Waals surface area contributed by atoms with Crippen LogP contribution in [0, 0.1) is 5.92 Å². The molecule has 0 aromatic heterocycles. The van der Waals surface area contributed by atoms with Crippen molar-refractivity contribution in [3.05, 3.63) is 34.9 Å². The van der Waals surface area contributed by atoms with Gasteiger partial charge >= 0.3 is 0 Å². The molecule has 0 bridgehead atoms. The molecule has 1 aromatic carbocycles. The molecule has 2 amide bonds. The number of halogens is 1. The summed E-state index contributed by atoms with van der Waals surface area (Å²) in [5, 5.41) is 4.16. The normalized spacial score (nSPS) is 18.5. The fourth-order valence-corrected chi connectivity index (χ4v) is 5.04. The predicted molar refractivity (Wildman–Crippen MR) is 134 cm³/mol. The number of carbonyl (C=O) groups is 2. The molecule has 1 atom stereocenters. The van der Waals surface area contributed by atoms with Crippen molar-refractivity contribution in [1.82, 2.24) is 20.0 Å². The number of benzene rings is 1. The van der Waals surface area contributed by atoms with E-state index in [-0.39, 0.29) is 29.8 Å². The maximum Gasteiger partial charge on any atom is 0.240 e. The molecule has 3 rings (SSSR count). The molecular weight excluding hydrogens is 436 g/mol. The topological polar surface area (TPSA) is 55.9 Å². The van der Waals surface area contributed by atoms with Crippen molar-refractivity contribution < 1.29 is 9.59 Å². The molecule has 7 heteroatoms. The molecule has 6 nitrogen and oxygen atoms in total. The number of likely N-dealkylation sites (N-methyl/N-ethyl adjacent to an activating group) is 1. The molecule has 1 N–H and O–H groups in total. The van der Waals surface area contributed by atoms with E-state index in [4.69, 9.17) is 11.6 Å². The standard InChI is InChI=1S/C26H41ClN4O2/c1-19(2)25(32)31(22-8-6-5-7-9-22)23-17-30(18-23)26(33)24(28-14-15-29(3)4)16-20-10-12-21(27)13-11-20/h10-13,19,22-24,28H,5-9,14-18H2,1-4H3. The van der Waals surface area contributed by atoms with Crippen molar-refractivity contribution in [1.29, 1.82) is 0 Å². The molecule has 184 valence electrons. The highest BCUT2D eigenvalue weighted by Crippen LogP contribution is 2.29. The molecule has 1 aromatic rings. The summed E-state index contributed by atoms with van der Waals surface area (Å²) >= 11 is 6.04. The van der Waals surface area contributed by atoms with Gasteiger partial charge in [-0.1, -0.05) is 56.8 Å². The summed E-state index contributed by atoms with van der Waals surface area (Å²) in [6.45, 7) is 6.85. The molecular formula is C26H41ClN4O2. The Morgan fingerprint density at radius 2 is 1.70 bits per heavy atom. The number of carbonyl (C=O) groups excluding carboxylic acids is 2. The number of likely N-dealkylation sites (tertiary alicyclic amines) is 1. The van der Waals surface area contributed by atoms with Gasteiger partial charge in [-0.2, -0.15) is 0 Å². The van der Waals surface area contributed by atoms with Crippen molar-refractivity contribution in [2.24, 2.45) is 5.92 Å². The average molecular weight is 477 g/mol. The number of hydrogen-bond donors (Lipinski definition) is 1. The van der Waals surface area contributed by atoms with Crippen molar-refractivity contribution in [2.75, 3.05) is 40.3 Å². The van der Waals surface area contributed by atoms with Gasteiger partial charge in [-0.15, -0.1) is 0 Å². The van der Waals surface area contributed by atoms with Crippen LogP contribution in [-0.4, -0.2) is 84.9 Å². The maximum absolute atomic E-state index is 13.4. The number of nitrogens with one attached hydrogen (secondary N) is 1. The lowest BCUT2D eigenvalue weighted by Crippen LogP contribution is -2.67. The van der Waals surface area contributed by atoms with Crippen LogP contribution in [0.4, 0.5) is 0 Å². The van der Waals surface area contributed by atoms with Crippen molar-refractivity contribution in [2.45, 2.75) is 70.5 Å². The van der Waals surface area contributed by atoms with E-state index in [0.29, 0.717) is 30.6 Å². The zero-order valence-electron chi connectivity index (χ0n) is 20.7. The molecule has 1 aliphatic carbocycles. The first-order chi connectivity index (χ1) is 15.8. The second kappa shape index (κ2) is 12.2. The van der Waals surface area contributed by atoms with Gasteiger partial charge in [0, 0.05) is 43.2 Å². The first kappa shape index (κ1) is 26.0. The summed E-state index contributed by atoms with van der Waals surface area (Å²) in [4.78, 5) is 32.7. The second-order valence-electron chi connectivity index (χ2n) is 10.2. The van der Waals surface area contributed by atoms with Crippen LogP contribution in [0.5, 0.6) is 0 Å². The van der Waals surface area contributed by atoms with E-state index >= 15 is 0 Å². The van der Waals surface area contributed by atoms with Crippen LogP contribution in [0.2, 0.25) is 5.02 Å². The van der Waals surface area contributed by atoms with Gasteiger partial charge in [-0.3, -0.25) is 9.59 Å². The van der Waals surface area contributed by atoms with Gasteiger partial charge in [0.05, 0.1) is 12.1 Å². The fourth-order valence-electron chi connectivity index (χ4n) is 4.91. The summed E-state index contributed by atoms with van der Waals surface area (Å²) in [5.74, 6) is 0.350. The zero-order valence-corrected chi connectivity index (χ0v) is 21.5. The Hall–Kier alpha value is -1.63. The highest BCUT2D eigenvalue weighted by molar-refractivity contribution is 6.30. The predicted octanol–water partition coefficient (Wildman–Crippen LogP) is 3.43. The minimum Gasteiger partial charge on any atom is -0.337 e. The first-order valence-electron chi connectivity index (χ1n) is 12.5. The Morgan fingerprint density at radius 1 is 1.06 bits per heavy atom.